The molecule has 0 amide bonds. The van der Waals surface area contributed by atoms with Crippen molar-refractivity contribution in [3.05, 3.63) is 47.8 Å². The molecular weight excluding hydrogens is 290 g/mol. The van der Waals surface area contributed by atoms with Crippen LogP contribution in [-0.4, -0.2) is 16.5 Å². The lowest BCUT2D eigenvalue weighted by molar-refractivity contribution is 0.935. The van der Waals surface area contributed by atoms with E-state index in [1.807, 2.05) is 24.5 Å². The molecule has 0 spiro atoms. The van der Waals surface area contributed by atoms with Crippen LogP contribution in [0.5, 0.6) is 0 Å². The first kappa shape index (κ1) is 13.0. The second-order valence-electron chi connectivity index (χ2n) is 4.06. The molecule has 0 N–H and O–H groups in total. The van der Waals surface area contributed by atoms with E-state index in [4.69, 9.17) is 0 Å². The minimum absolute atomic E-state index is 0.747. The Hall–Kier alpha value is -1.42. The number of alkyl halides is 1. The van der Waals surface area contributed by atoms with Crippen LogP contribution in [0.1, 0.15) is 18.1 Å². The molecule has 1 aromatic heterocycles. The Bertz CT molecular complexity index is 511. The topological polar surface area (TPSA) is 29.0 Å². The summed E-state index contributed by atoms with van der Waals surface area (Å²) in [7, 11) is 0. The van der Waals surface area contributed by atoms with E-state index in [1.165, 1.54) is 5.56 Å². The van der Waals surface area contributed by atoms with Crippen molar-refractivity contribution >= 4 is 27.6 Å². The van der Waals surface area contributed by atoms with Gasteiger partial charge in [-0.3, -0.25) is 0 Å². The number of aromatic nitrogens is 2. The third-order valence-electron chi connectivity index (χ3n) is 2.81. The predicted molar refractivity (Wildman–Crippen MR) is 78.5 cm³/mol. The maximum atomic E-state index is 4.42. The number of hydrogen-bond acceptors (Lipinski definition) is 3. The normalized spacial score (nSPS) is 10.4. The second-order valence-corrected chi connectivity index (χ2v) is 4.62. The van der Waals surface area contributed by atoms with Crippen LogP contribution in [0.25, 0.3) is 0 Å². The molecule has 0 bridgehead atoms. The number of benzene rings is 1. The second kappa shape index (κ2) is 5.96. The molecule has 2 aromatic rings. The van der Waals surface area contributed by atoms with Crippen molar-refractivity contribution in [2.45, 2.75) is 19.2 Å². The Balaban J connectivity index is 2.36. The molecule has 3 nitrogen and oxygen atoms in total. The highest BCUT2D eigenvalue weighted by atomic mass is 79.9. The smallest absolute Gasteiger partial charge is 0.229 e. The van der Waals surface area contributed by atoms with Crippen molar-refractivity contribution in [2.75, 3.05) is 11.4 Å². The molecule has 94 valence electrons. The Morgan fingerprint density at radius 1 is 1.17 bits per heavy atom. The fourth-order valence-electron chi connectivity index (χ4n) is 1.84. The molecule has 18 heavy (non-hydrogen) atoms. The van der Waals surface area contributed by atoms with E-state index in [0.29, 0.717) is 0 Å². The van der Waals surface area contributed by atoms with E-state index in [1.54, 1.807) is 0 Å². The molecule has 0 radical (unpaired) electrons. The zero-order valence-electron chi connectivity index (χ0n) is 10.6. The minimum atomic E-state index is 0.747. The van der Waals surface area contributed by atoms with Gasteiger partial charge in [0.15, 0.2) is 0 Å². The Morgan fingerprint density at radius 2 is 1.83 bits per heavy atom. The largest absolute Gasteiger partial charge is 0.311 e. The molecule has 0 aliphatic heterocycles. The molecule has 2 rings (SSSR count). The van der Waals surface area contributed by atoms with E-state index in [-0.39, 0.29) is 0 Å². The summed E-state index contributed by atoms with van der Waals surface area (Å²) in [5.41, 5.74) is 3.47. The highest BCUT2D eigenvalue weighted by Gasteiger charge is 2.11. The van der Waals surface area contributed by atoms with Crippen LogP contribution in [0, 0.1) is 6.92 Å². The summed E-state index contributed by atoms with van der Waals surface area (Å²) in [4.78, 5) is 11.0. The monoisotopic (exact) mass is 305 g/mol. The lowest BCUT2D eigenvalue weighted by Gasteiger charge is -2.22. The first-order valence-electron chi connectivity index (χ1n) is 5.96. The summed E-state index contributed by atoms with van der Waals surface area (Å²) in [6.07, 6.45) is 3.72. The van der Waals surface area contributed by atoms with Gasteiger partial charge in [0.05, 0.1) is 0 Å². The zero-order chi connectivity index (χ0) is 13.0. The number of nitrogens with zero attached hydrogens (tertiary/aromatic N) is 3. The van der Waals surface area contributed by atoms with Crippen LogP contribution in [0.3, 0.4) is 0 Å². The van der Waals surface area contributed by atoms with Crippen molar-refractivity contribution < 1.29 is 0 Å². The number of anilines is 2. The van der Waals surface area contributed by atoms with Gasteiger partial charge >= 0.3 is 0 Å². The van der Waals surface area contributed by atoms with Gasteiger partial charge in [0, 0.05) is 30.0 Å². The van der Waals surface area contributed by atoms with Gasteiger partial charge in [0.2, 0.25) is 5.95 Å². The van der Waals surface area contributed by atoms with Gasteiger partial charge in [-0.25, -0.2) is 9.97 Å². The van der Waals surface area contributed by atoms with Crippen molar-refractivity contribution in [1.29, 1.82) is 0 Å². The molecule has 0 unspecified atom stereocenters. The minimum Gasteiger partial charge on any atom is -0.311 e. The number of para-hydroxylation sites is 1. The van der Waals surface area contributed by atoms with Gasteiger partial charge in [-0.1, -0.05) is 34.1 Å². The van der Waals surface area contributed by atoms with Crippen LogP contribution in [0.4, 0.5) is 11.6 Å². The molecule has 0 saturated heterocycles. The van der Waals surface area contributed by atoms with Crippen LogP contribution >= 0.6 is 15.9 Å². The Morgan fingerprint density at radius 3 is 2.39 bits per heavy atom. The maximum absolute atomic E-state index is 4.42. The third-order valence-corrected chi connectivity index (χ3v) is 3.46. The van der Waals surface area contributed by atoms with E-state index >= 15 is 0 Å². The van der Waals surface area contributed by atoms with Gasteiger partial charge in [-0.15, -0.1) is 0 Å². The molecule has 1 heterocycles. The fraction of sp³-hybridized carbons (Fsp3) is 0.286. The van der Waals surface area contributed by atoms with Crippen LogP contribution in [0.2, 0.25) is 0 Å². The fourth-order valence-corrected chi connectivity index (χ4v) is 2.13. The van der Waals surface area contributed by atoms with Gasteiger partial charge in [-0.05, 0) is 31.0 Å². The average molecular weight is 306 g/mol. The van der Waals surface area contributed by atoms with Crippen molar-refractivity contribution in [3.63, 3.8) is 0 Å². The molecule has 0 saturated carbocycles. The van der Waals surface area contributed by atoms with Gasteiger partial charge in [-0.2, -0.15) is 0 Å². The quantitative estimate of drug-likeness (QED) is 0.804. The first-order chi connectivity index (χ1) is 8.76. The molecule has 4 heteroatoms. The molecular formula is C14H16BrN3. The number of hydrogen-bond donors (Lipinski definition) is 0. The number of aryl methyl sites for hydroxylation is 1. The van der Waals surface area contributed by atoms with E-state index in [9.17, 15) is 0 Å². The molecule has 0 atom stereocenters. The highest BCUT2D eigenvalue weighted by molar-refractivity contribution is 9.08. The lowest BCUT2D eigenvalue weighted by Crippen LogP contribution is -2.19. The standard InChI is InChI=1S/C14H16BrN3/c1-3-18(13-7-5-4-6-11(13)2)14-16-9-12(8-15)10-17-14/h4-7,9-10H,3,8H2,1-2H3. The van der Waals surface area contributed by atoms with Crippen LogP contribution < -0.4 is 4.90 Å². The zero-order valence-corrected chi connectivity index (χ0v) is 12.2. The van der Waals surface area contributed by atoms with Crippen LogP contribution in [-0.2, 0) is 5.33 Å². The van der Waals surface area contributed by atoms with E-state index in [2.05, 4.69) is 56.8 Å². The summed E-state index contributed by atoms with van der Waals surface area (Å²) in [6.45, 7) is 5.05. The summed E-state index contributed by atoms with van der Waals surface area (Å²) < 4.78 is 0. The number of rotatable bonds is 4. The molecule has 0 aliphatic rings. The number of halogens is 1. The Labute approximate surface area is 116 Å². The van der Waals surface area contributed by atoms with Crippen LogP contribution in [0.15, 0.2) is 36.7 Å². The first-order valence-corrected chi connectivity index (χ1v) is 7.08. The summed E-state index contributed by atoms with van der Waals surface area (Å²) in [5.74, 6) is 0.747. The highest BCUT2D eigenvalue weighted by Crippen LogP contribution is 2.24. The van der Waals surface area contributed by atoms with E-state index in [0.717, 1.165) is 29.1 Å². The molecule has 0 aliphatic carbocycles. The van der Waals surface area contributed by atoms with Gasteiger partial charge in [0.1, 0.15) is 0 Å². The SMILES string of the molecule is CCN(c1ncc(CBr)cn1)c1ccccc1C. The van der Waals surface area contributed by atoms with Crippen molar-refractivity contribution in [2.24, 2.45) is 0 Å². The average Bonchev–Trinajstić information content (AvgIpc) is 2.42. The Kier molecular flexibility index (Phi) is 4.31. The predicted octanol–water partition coefficient (Wildman–Crippen LogP) is 3.84. The van der Waals surface area contributed by atoms with Gasteiger partial charge < -0.3 is 4.90 Å². The molecule has 1 aromatic carbocycles. The summed E-state index contributed by atoms with van der Waals surface area (Å²) in [5, 5.41) is 0.782. The van der Waals surface area contributed by atoms with E-state index < -0.39 is 0 Å². The summed E-state index contributed by atoms with van der Waals surface area (Å²) in [6, 6.07) is 8.28. The third kappa shape index (κ3) is 2.70. The molecule has 0 fully saturated rings. The maximum Gasteiger partial charge on any atom is 0.229 e. The summed E-state index contributed by atoms with van der Waals surface area (Å²) >= 11 is 3.40. The lowest BCUT2D eigenvalue weighted by atomic mass is 10.2. The van der Waals surface area contributed by atoms with Crippen molar-refractivity contribution in [3.8, 4) is 0 Å². The van der Waals surface area contributed by atoms with Gasteiger partial charge in [0.25, 0.3) is 0 Å². The van der Waals surface area contributed by atoms with Crippen molar-refractivity contribution in [1.82, 2.24) is 9.97 Å².